The molecular formula is C16H33N. The first kappa shape index (κ1) is 15.0. The van der Waals surface area contributed by atoms with Crippen molar-refractivity contribution in [2.24, 2.45) is 23.2 Å². The van der Waals surface area contributed by atoms with Gasteiger partial charge in [0.2, 0.25) is 0 Å². The second kappa shape index (κ2) is 6.22. The van der Waals surface area contributed by atoms with Crippen molar-refractivity contribution in [3.8, 4) is 0 Å². The topological polar surface area (TPSA) is 12.0 Å². The maximum Gasteiger partial charge on any atom is 0.00675 e. The third kappa shape index (κ3) is 4.99. The van der Waals surface area contributed by atoms with Crippen molar-refractivity contribution < 1.29 is 0 Å². The van der Waals surface area contributed by atoms with Gasteiger partial charge < -0.3 is 5.32 Å². The summed E-state index contributed by atoms with van der Waals surface area (Å²) in [6.07, 6.45) is 5.52. The van der Waals surface area contributed by atoms with E-state index >= 15 is 0 Å². The molecule has 1 saturated carbocycles. The Morgan fingerprint density at radius 2 is 1.47 bits per heavy atom. The average Bonchev–Trinajstić information content (AvgIpc) is 2.19. The fourth-order valence-corrected chi connectivity index (χ4v) is 3.15. The Hall–Kier alpha value is -0.0400. The number of hydrogen-bond donors (Lipinski definition) is 1. The predicted octanol–water partition coefficient (Wildman–Crippen LogP) is 4.47. The van der Waals surface area contributed by atoms with Crippen molar-refractivity contribution in [3.05, 3.63) is 0 Å². The van der Waals surface area contributed by atoms with E-state index in [0.717, 1.165) is 23.8 Å². The van der Waals surface area contributed by atoms with Gasteiger partial charge in [-0.3, -0.25) is 0 Å². The van der Waals surface area contributed by atoms with Crippen LogP contribution in [0.25, 0.3) is 0 Å². The molecule has 0 aromatic carbocycles. The van der Waals surface area contributed by atoms with Gasteiger partial charge in [-0.15, -0.1) is 0 Å². The lowest BCUT2D eigenvalue weighted by Gasteiger charge is -2.36. The predicted molar refractivity (Wildman–Crippen MR) is 77.2 cm³/mol. The minimum Gasteiger partial charge on any atom is -0.314 e. The van der Waals surface area contributed by atoms with Crippen LogP contribution in [0.3, 0.4) is 0 Å². The van der Waals surface area contributed by atoms with Gasteiger partial charge in [0.1, 0.15) is 0 Å². The van der Waals surface area contributed by atoms with E-state index in [0.29, 0.717) is 5.41 Å². The molecule has 0 unspecified atom stereocenters. The molecule has 1 fully saturated rings. The van der Waals surface area contributed by atoms with Gasteiger partial charge in [-0.1, -0.05) is 41.5 Å². The first-order valence-electron chi connectivity index (χ1n) is 7.55. The van der Waals surface area contributed by atoms with Crippen molar-refractivity contribution in [1.29, 1.82) is 0 Å². The number of hydrogen-bond acceptors (Lipinski definition) is 1. The summed E-state index contributed by atoms with van der Waals surface area (Å²) in [7, 11) is 0. The van der Waals surface area contributed by atoms with E-state index in [2.05, 4.69) is 46.9 Å². The lowest BCUT2D eigenvalue weighted by molar-refractivity contribution is 0.190. The van der Waals surface area contributed by atoms with Crippen molar-refractivity contribution in [2.75, 3.05) is 6.54 Å². The molecule has 0 spiro atoms. The van der Waals surface area contributed by atoms with E-state index in [9.17, 15) is 0 Å². The van der Waals surface area contributed by atoms with E-state index in [1.807, 2.05) is 0 Å². The quantitative estimate of drug-likeness (QED) is 0.746. The third-order valence-corrected chi connectivity index (χ3v) is 4.69. The van der Waals surface area contributed by atoms with Crippen molar-refractivity contribution >= 4 is 0 Å². The molecule has 0 aromatic heterocycles. The van der Waals surface area contributed by atoms with Crippen LogP contribution in [0.1, 0.15) is 67.2 Å². The van der Waals surface area contributed by atoms with Crippen molar-refractivity contribution in [2.45, 2.75) is 73.3 Å². The Kier molecular flexibility index (Phi) is 5.50. The Balaban J connectivity index is 2.31. The SMILES string of the molecule is CC(C)C(CNC1CCC(C)(C)CC1)C(C)C. The van der Waals surface area contributed by atoms with Gasteiger partial charge in [0.15, 0.2) is 0 Å². The van der Waals surface area contributed by atoms with Gasteiger partial charge in [0.05, 0.1) is 0 Å². The summed E-state index contributed by atoms with van der Waals surface area (Å²) in [5.41, 5.74) is 0.591. The largest absolute Gasteiger partial charge is 0.314 e. The van der Waals surface area contributed by atoms with Crippen LogP contribution in [0.5, 0.6) is 0 Å². The molecule has 0 aliphatic heterocycles. The van der Waals surface area contributed by atoms with Crippen molar-refractivity contribution in [3.63, 3.8) is 0 Å². The van der Waals surface area contributed by atoms with Gasteiger partial charge in [-0.05, 0) is 55.4 Å². The Morgan fingerprint density at radius 3 is 1.88 bits per heavy atom. The number of nitrogens with one attached hydrogen (secondary N) is 1. The minimum absolute atomic E-state index is 0.591. The summed E-state index contributed by atoms with van der Waals surface area (Å²) in [6, 6.07) is 0.781. The van der Waals surface area contributed by atoms with Crippen molar-refractivity contribution in [1.82, 2.24) is 5.32 Å². The molecule has 0 atom stereocenters. The Bertz CT molecular complexity index is 200. The summed E-state index contributed by atoms with van der Waals surface area (Å²) in [6.45, 7) is 15.5. The minimum atomic E-state index is 0.591. The molecule has 0 radical (unpaired) electrons. The van der Waals surface area contributed by atoms with E-state index in [-0.39, 0.29) is 0 Å². The summed E-state index contributed by atoms with van der Waals surface area (Å²) in [4.78, 5) is 0. The lowest BCUT2D eigenvalue weighted by Crippen LogP contribution is -2.40. The zero-order chi connectivity index (χ0) is 13.1. The molecule has 1 N–H and O–H groups in total. The normalized spacial score (nSPS) is 21.7. The zero-order valence-electron chi connectivity index (χ0n) is 12.8. The third-order valence-electron chi connectivity index (χ3n) is 4.69. The summed E-state index contributed by atoms with van der Waals surface area (Å²) in [5, 5.41) is 3.82. The molecular weight excluding hydrogens is 206 g/mol. The van der Waals surface area contributed by atoms with Gasteiger partial charge in [0.25, 0.3) is 0 Å². The molecule has 17 heavy (non-hydrogen) atoms. The molecule has 0 bridgehead atoms. The van der Waals surface area contributed by atoms with Crippen LogP contribution >= 0.6 is 0 Å². The van der Waals surface area contributed by atoms with Crippen LogP contribution in [0.4, 0.5) is 0 Å². The average molecular weight is 239 g/mol. The highest BCUT2D eigenvalue weighted by Crippen LogP contribution is 2.35. The van der Waals surface area contributed by atoms with Gasteiger partial charge in [-0.2, -0.15) is 0 Å². The van der Waals surface area contributed by atoms with Gasteiger partial charge >= 0.3 is 0 Å². The molecule has 1 nitrogen and oxygen atoms in total. The molecule has 0 amide bonds. The summed E-state index contributed by atoms with van der Waals surface area (Å²) < 4.78 is 0. The molecule has 0 heterocycles. The second-order valence-corrected chi connectivity index (χ2v) is 7.50. The lowest BCUT2D eigenvalue weighted by atomic mass is 9.75. The highest BCUT2D eigenvalue weighted by Gasteiger charge is 2.27. The summed E-state index contributed by atoms with van der Waals surface area (Å²) >= 11 is 0. The first-order valence-corrected chi connectivity index (χ1v) is 7.55. The maximum atomic E-state index is 3.82. The van der Waals surface area contributed by atoms with Crippen LogP contribution in [0.2, 0.25) is 0 Å². The van der Waals surface area contributed by atoms with E-state index < -0.39 is 0 Å². The highest BCUT2D eigenvalue weighted by molar-refractivity contribution is 4.83. The smallest absolute Gasteiger partial charge is 0.00675 e. The second-order valence-electron chi connectivity index (χ2n) is 7.50. The van der Waals surface area contributed by atoms with Crippen LogP contribution < -0.4 is 5.32 Å². The number of rotatable bonds is 5. The molecule has 0 saturated heterocycles. The maximum absolute atomic E-state index is 3.82. The summed E-state index contributed by atoms with van der Waals surface area (Å²) in [5.74, 6) is 2.41. The van der Waals surface area contributed by atoms with Gasteiger partial charge in [0, 0.05) is 6.04 Å². The zero-order valence-corrected chi connectivity index (χ0v) is 12.8. The van der Waals surface area contributed by atoms with Gasteiger partial charge in [-0.25, -0.2) is 0 Å². The standard InChI is InChI=1S/C16H33N/c1-12(2)15(13(3)4)11-17-14-7-9-16(5,6)10-8-14/h12-15,17H,7-11H2,1-6H3. The fourth-order valence-electron chi connectivity index (χ4n) is 3.15. The molecule has 1 rings (SSSR count). The molecule has 1 heteroatoms. The first-order chi connectivity index (χ1) is 7.82. The van der Waals surface area contributed by atoms with Crippen LogP contribution in [-0.2, 0) is 0 Å². The highest BCUT2D eigenvalue weighted by atomic mass is 14.9. The Morgan fingerprint density at radius 1 is 1.00 bits per heavy atom. The monoisotopic (exact) mass is 239 g/mol. The fraction of sp³-hybridized carbons (Fsp3) is 1.00. The Labute approximate surface area is 109 Å². The molecule has 0 aromatic rings. The molecule has 1 aliphatic carbocycles. The molecule has 102 valence electrons. The van der Waals surface area contributed by atoms with Crippen LogP contribution in [-0.4, -0.2) is 12.6 Å². The van der Waals surface area contributed by atoms with Crippen LogP contribution in [0, 0.1) is 23.2 Å². The van der Waals surface area contributed by atoms with E-state index in [4.69, 9.17) is 0 Å². The van der Waals surface area contributed by atoms with Crippen LogP contribution in [0.15, 0.2) is 0 Å². The van der Waals surface area contributed by atoms with E-state index in [1.165, 1.54) is 32.2 Å². The van der Waals surface area contributed by atoms with E-state index in [1.54, 1.807) is 0 Å². The molecule has 1 aliphatic rings.